The predicted octanol–water partition coefficient (Wildman–Crippen LogP) is 3.86. The minimum Gasteiger partial charge on any atom is -0.466 e. The smallest absolute Gasteiger partial charge is 0.306 e. The van der Waals surface area contributed by atoms with Crippen LogP contribution < -0.4 is 0 Å². The molecule has 4 nitrogen and oxygen atoms in total. The highest BCUT2D eigenvalue weighted by atomic mass is 35.5. The van der Waals surface area contributed by atoms with Crippen molar-refractivity contribution in [3.8, 4) is 11.8 Å². The second-order valence-corrected chi connectivity index (χ2v) is 7.37. The molecule has 1 fully saturated rings. The van der Waals surface area contributed by atoms with Crippen molar-refractivity contribution in [1.29, 1.82) is 0 Å². The van der Waals surface area contributed by atoms with Gasteiger partial charge in [0.1, 0.15) is 5.69 Å². The maximum absolute atomic E-state index is 11.4. The van der Waals surface area contributed by atoms with Crippen molar-refractivity contribution in [3.05, 3.63) is 23.0 Å². The van der Waals surface area contributed by atoms with Gasteiger partial charge in [0.25, 0.3) is 0 Å². The van der Waals surface area contributed by atoms with Crippen LogP contribution in [0.1, 0.15) is 38.8 Å². The van der Waals surface area contributed by atoms with E-state index in [9.17, 15) is 4.79 Å². The van der Waals surface area contributed by atoms with Crippen LogP contribution in [-0.4, -0.2) is 47.8 Å². The summed E-state index contributed by atoms with van der Waals surface area (Å²) in [7, 11) is 0. The molecule has 6 heteroatoms. The lowest BCUT2D eigenvalue weighted by Crippen LogP contribution is -2.32. The Morgan fingerprint density at radius 3 is 2.88 bits per heavy atom. The fraction of sp³-hybridized carbons (Fsp3) is 0.579. The molecule has 0 aromatic carbocycles. The summed E-state index contributed by atoms with van der Waals surface area (Å²) in [6.07, 6.45) is 4.30. The minimum absolute atomic E-state index is 0.182. The molecule has 2 rings (SSSR count). The number of hydrogen-bond acceptors (Lipinski definition) is 5. The molecule has 1 aromatic heterocycles. The summed E-state index contributed by atoms with van der Waals surface area (Å²) in [6, 6.07) is 1.86. The number of piperidine rings is 1. The third kappa shape index (κ3) is 6.54. The predicted molar refractivity (Wildman–Crippen MR) is 103 cm³/mol. The van der Waals surface area contributed by atoms with Crippen LogP contribution in [0, 0.1) is 17.8 Å². The lowest BCUT2D eigenvalue weighted by molar-refractivity contribution is -0.142. The largest absolute Gasteiger partial charge is 0.466 e. The van der Waals surface area contributed by atoms with Crippen molar-refractivity contribution >= 4 is 29.3 Å². The molecule has 136 valence electrons. The Kier molecular flexibility index (Phi) is 8.60. The van der Waals surface area contributed by atoms with E-state index < -0.39 is 0 Å². The Balaban J connectivity index is 1.92. The number of thioether (sulfide) groups is 1. The second-order valence-electron chi connectivity index (χ2n) is 5.85. The number of nitrogens with zero attached hydrogens (tertiary/aromatic N) is 2. The first-order chi connectivity index (χ1) is 12.1. The van der Waals surface area contributed by atoms with Gasteiger partial charge < -0.3 is 9.64 Å². The van der Waals surface area contributed by atoms with Crippen molar-refractivity contribution in [1.82, 2.24) is 9.88 Å². The summed E-state index contributed by atoms with van der Waals surface area (Å²) < 4.78 is 4.93. The maximum atomic E-state index is 11.4. The molecule has 0 bridgehead atoms. The summed E-state index contributed by atoms with van der Waals surface area (Å²) in [5, 5.41) is 0.579. The lowest BCUT2D eigenvalue weighted by Gasteiger charge is -2.28. The molecule has 2 heterocycles. The van der Waals surface area contributed by atoms with Crippen LogP contribution in [0.25, 0.3) is 0 Å². The first kappa shape index (κ1) is 20.1. The summed E-state index contributed by atoms with van der Waals surface area (Å²) in [5.41, 5.74) is 0.626. The summed E-state index contributed by atoms with van der Waals surface area (Å²) in [4.78, 5) is 19.1. The fourth-order valence-electron chi connectivity index (χ4n) is 2.67. The molecule has 25 heavy (non-hydrogen) atoms. The van der Waals surface area contributed by atoms with Gasteiger partial charge in [0.15, 0.2) is 0 Å². The Labute approximate surface area is 159 Å². The number of esters is 1. The average molecular weight is 381 g/mol. The van der Waals surface area contributed by atoms with Crippen molar-refractivity contribution in [2.75, 3.05) is 32.0 Å². The molecule has 1 saturated heterocycles. The summed E-state index contributed by atoms with van der Waals surface area (Å²) >= 11 is 7.97. The molecular formula is C19H25ClN2O2S. The van der Waals surface area contributed by atoms with Crippen molar-refractivity contribution < 1.29 is 9.53 Å². The van der Waals surface area contributed by atoms with Crippen molar-refractivity contribution in [2.45, 2.75) is 38.0 Å². The van der Waals surface area contributed by atoms with Crippen LogP contribution in [0.5, 0.6) is 0 Å². The SMILES string of the molecule is CCOC(=O)CCSc1ccnc(C#CC2CCN(CC)CC2)c1Cl. The van der Waals surface area contributed by atoms with E-state index >= 15 is 0 Å². The zero-order chi connectivity index (χ0) is 18.1. The van der Waals surface area contributed by atoms with E-state index in [0.717, 1.165) is 37.4 Å². The minimum atomic E-state index is -0.182. The van der Waals surface area contributed by atoms with Crippen LogP contribution in [0.3, 0.4) is 0 Å². The Hall–Kier alpha value is -1.22. The van der Waals surface area contributed by atoms with Crippen LogP contribution in [0.4, 0.5) is 0 Å². The van der Waals surface area contributed by atoms with E-state index in [0.29, 0.717) is 35.4 Å². The van der Waals surface area contributed by atoms with E-state index in [1.54, 1.807) is 6.20 Å². The molecule has 0 radical (unpaired) electrons. The van der Waals surface area contributed by atoms with Crippen LogP contribution in [0.15, 0.2) is 17.2 Å². The average Bonchev–Trinajstić information content (AvgIpc) is 2.63. The number of pyridine rings is 1. The Morgan fingerprint density at radius 1 is 1.44 bits per heavy atom. The molecular weight excluding hydrogens is 356 g/mol. The molecule has 0 spiro atoms. The van der Waals surface area contributed by atoms with E-state index in [1.165, 1.54) is 11.8 Å². The lowest BCUT2D eigenvalue weighted by atomic mass is 9.97. The van der Waals surface area contributed by atoms with Gasteiger partial charge in [-0.3, -0.25) is 4.79 Å². The second kappa shape index (κ2) is 10.7. The van der Waals surface area contributed by atoms with Gasteiger partial charge >= 0.3 is 5.97 Å². The molecule has 0 saturated carbocycles. The molecule has 0 unspecified atom stereocenters. The van der Waals surface area contributed by atoms with E-state index in [-0.39, 0.29) is 5.97 Å². The molecule has 1 aliphatic rings. The third-order valence-corrected chi connectivity index (χ3v) is 5.71. The number of carbonyl (C=O) groups excluding carboxylic acids is 1. The Bertz CT molecular complexity index is 634. The highest BCUT2D eigenvalue weighted by Gasteiger charge is 2.16. The number of carbonyl (C=O) groups is 1. The van der Waals surface area contributed by atoms with Crippen LogP contribution in [0.2, 0.25) is 5.02 Å². The topological polar surface area (TPSA) is 42.4 Å². The fourth-order valence-corrected chi connectivity index (χ4v) is 3.86. The molecule has 0 N–H and O–H groups in total. The summed E-state index contributed by atoms with van der Waals surface area (Å²) in [6.45, 7) is 7.75. The van der Waals surface area contributed by atoms with Crippen molar-refractivity contribution in [3.63, 3.8) is 0 Å². The first-order valence-corrected chi connectivity index (χ1v) is 10.2. The summed E-state index contributed by atoms with van der Waals surface area (Å²) in [5.74, 6) is 7.36. The molecule has 0 aliphatic carbocycles. The number of ether oxygens (including phenoxy) is 1. The van der Waals surface area contributed by atoms with Gasteiger partial charge in [0.05, 0.1) is 18.1 Å². The van der Waals surface area contributed by atoms with E-state index in [2.05, 4.69) is 28.6 Å². The molecule has 0 atom stereocenters. The number of likely N-dealkylation sites (tertiary alicyclic amines) is 1. The molecule has 1 aromatic rings. The highest BCUT2D eigenvalue weighted by molar-refractivity contribution is 7.99. The quantitative estimate of drug-likeness (QED) is 0.426. The normalized spacial score (nSPS) is 15.5. The van der Waals surface area contributed by atoms with Crippen LogP contribution >= 0.6 is 23.4 Å². The van der Waals surface area contributed by atoms with Gasteiger partial charge in [-0.25, -0.2) is 4.98 Å². The third-order valence-electron chi connectivity index (χ3n) is 4.15. The monoisotopic (exact) mass is 380 g/mol. The van der Waals surface area contributed by atoms with Gasteiger partial charge in [0, 0.05) is 22.8 Å². The first-order valence-electron chi connectivity index (χ1n) is 8.80. The standard InChI is InChI=1S/C19H25ClN2O2S/c1-3-22-12-8-15(9-13-22)5-6-16-19(20)17(7-11-21-16)25-14-10-18(23)24-4-2/h7,11,15H,3-4,8-10,12-14H2,1-2H3. The van der Waals surface area contributed by atoms with Gasteiger partial charge in [0.2, 0.25) is 0 Å². The zero-order valence-corrected chi connectivity index (χ0v) is 16.5. The molecule has 1 aliphatic heterocycles. The highest BCUT2D eigenvalue weighted by Crippen LogP contribution is 2.29. The number of hydrogen-bond donors (Lipinski definition) is 0. The Morgan fingerprint density at radius 2 is 2.20 bits per heavy atom. The number of halogens is 1. The van der Waals surface area contributed by atoms with E-state index in [1.807, 2.05) is 13.0 Å². The zero-order valence-electron chi connectivity index (χ0n) is 14.9. The van der Waals surface area contributed by atoms with Crippen LogP contribution in [-0.2, 0) is 9.53 Å². The van der Waals surface area contributed by atoms with Gasteiger partial charge in [-0.05, 0) is 51.4 Å². The van der Waals surface area contributed by atoms with Gasteiger partial charge in [-0.2, -0.15) is 0 Å². The molecule has 0 amide bonds. The van der Waals surface area contributed by atoms with E-state index in [4.69, 9.17) is 16.3 Å². The van der Waals surface area contributed by atoms with Crippen molar-refractivity contribution in [2.24, 2.45) is 5.92 Å². The number of rotatable bonds is 6. The number of aromatic nitrogens is 1. The van der Waals surface area contributed by atoms with Gasteiger partial charge in [-0.1, -0.05) is 24.4 Å². The van der Waals surface area contributed by atoms with Gasteiger partial charge in [-0.15, -0.1) is 11.8 Å². The maximum Gasteiger partial charge on any atom is 0.306 e.